The largest absolute Gasteiger partial charge is 0.529 e. The van der Waals surface area contributed by atoms with E-state index in [1.807, 2.05) is 0 Å². The van der Waals surface area contributed by atoms with Crippen LogP contribution in [0.2, 0.25) is 0 Å². The Bertz CT molecular complexity index is 484. The Kier molecular flexibility index (Phi) is 3.42. The summed E-state index contributed by atoms with van der Waals surface area (Å²) in [4.78, 5) is 0.608. The summed E-state index contributed by atoms with van der Waals surface area (Å²) in [5.74, 6) is 0.291. The average Bonchev–Trinajstić information content (AvgIpc) is 2.31. The molecule has 90 valence electrons. The van der Waals surface area contributed by atoms with Crippen LogP contribution in [-0.2, 0) is 13.6 Å². The summed E-state index contributed by atoms with van der Waals surface area (Å²) in [6.07, 6.45) is -2.11. The van der Waals surface area contributed by atoms with Gasteiger partial charge in [-0.1, -0.05) is 0 Å². The fourth-order valence-electron chi connectivity index (χ4n) is 1.07. The van der Waals surface area contributed by atoms with Gasteiger partial charge in [0.05, 0.1) is 0 Å². The lowest BCUT2D eigenvalue weighted by Crippen LogP contribution is -1.97. The third-order valence-corrected chi connectivity index (χ3v) is 3.93. The predicted molar refractivity (Wildman–Crippen MR) is 65.2 cm³/mol. The molecule has 0 aliphatic heterocycles. The smallest absolute Gasteiger partial charge is 0.404 e. The lowest BCUT2D eigenvalue weighted by Gasteiger charge is -2.15. The number of phosphoric ester groups is 1. The molecule has 0 fully saturated rings. The second-order valence-electron chi connectivity index (χ2n) is 2.93. The molecule has 0 aliphatic rings. The van der Waals surface area contributed by atoms with Crippen LogP contribution < -0.4 is 4.52 Å². The van der Waals surface area contributed by atoms with Crippen molar-refractivity contribution in [1.82, 2.24) is 0 Å². The average molecular weight is 265 g/mol. The van der Waals surface area contributed by atoms with E-state index >= 15 is 0 Å². The lowest BCUT2D eigenvalue weighted by molar-refractivity contribution is 0.211. The number of rotatable bonds is 5. The highest BCUT2D eigenvalue weighted by Crippen LogP contribution is 2.48. The van der Waals surface area contributed by atoms with Crippen molar-refractivity contribution in [2.45, 2.75) is 11.8 Å². The highest BCUT2D eigenvalue weighted by molar-refractivity contribution is 7.98. The Morgan fingerprint density at radius 3 is 2.56 bits per heavy atom. The van der Waals surface area contributed by atoms with Crippen LogP contribution in [0.5, 0.6) is 5.75 Å². The van der Waals surface area contributed by atoms with Gasteiger partial charge in [-0.2, -0.15) is 0 Å². The van der Waals surface area contributed by atoms with E-state index in [1.165, 1.54) is 20.3 Å². The summed E-state index contributed by atoms with van der Waals surface area (Å²) in [6, 6.07) is 4.70. The van der Waals surface area contributed by atoms with Crippen LogP contribution in [0.1, 0.15) is 9.68 Å². The van der Waals surface area contributed by atoms with Gasteiger partial charge in [0.15, 0.2) is 0 Å². The summed E-state index contributed by atoms with van der Waals surface area (Å²) < 4.78 is 47.8. The van der Waals surface area contributed by atoms with E-state index < -0.39 is 14.0 Å². The fourth-order valence-corrected chi connectivity index (χ4v) is 2.10. The van der Waals surface area contributed by atoms with Crippen molar-refractivity contribution < 1.29 is 22.2 Å². The summed E-state index contributed by atoms with van der Waals surface area (Å²) in [6.45, 7) is 1.74. The zero-order valence-electron chi connectivity index (χ0n) is 12.2. The molecule has 0 amide bonds. The van der Waals surface area contributed by atoms with Gasteiger partial charge in [-0.05, 0) is 36.9 Å². The molecular weight excluding hydrogens is 247 g/mol. The molecule has 0 heterocycles. The van der Waals surface area contributed by atoms with Crippen LogP contribution in [0, 0.1) is 6.92 Å². The first-order chi connectivity index (χ1) is 8.69. The maximum absolute atomic E-state index is 11.8. The Labute approximate surface area is 104 Å². The predicted octanol–water partition coefficient (Wildman–Crippen LogP) is 3.50. The number of thioether (sulfide) groups is 1. The van der Waals surface area contributed by atoms with Crippen LogP contribution in [-0.4, -0.2) is 20.4 Å². The maximum atomic E-state index is 11.8. The van der Waals surface area contributed by atoms with Gasteiger partial charge in [0.2, 0.25) is 0 Å². The van der Waals surface area contributed by atoms with Crippen LogP contribution in [0.25, 0.3) is 0 Å². The third-order valence-electron chi connectivity index (χ3n) is 1.92. The number of phosphoric acid groups is 1. The molecule has 16 heavy (non-hydrogen) atoms. The molecule has 0 bridgehead atoms. The van der Waals surface area contributed by atoms with E-state index in [2.05, 4.69) is 9.05 Å². The number of hydrogen-bond acceptors (Lipinski definition) is 5. The monoisotopic (exact) mass is 265 g/mol. The molecule has 0 N–H and O–H groups in total. The van der Waals surface area contributed by atoms with Gasteiger partial charge in [-0.3, -0.25) is 9.05 Å². The molecule has 0 radical (unpaired) electrons. The van der Waals surface area contributed by atoms with Gasteiger partial charge >= 0.3 is 7.82 Å². The van der Waals surface area contributed by atoms with Crippen molar-refractivity contribution in [2.24, 2.45) is 0 Å². The van der Waals surface area contributed by atoms with Gasteiger partial charge in [0.1, 0.15) is 5.75 Å². The molecular formula is C10H15O4PS. The van der Waals surface area contributed by atoms with E-state index in [-0.39, 0.29) is 0 Å². The molecule has 1 aromatic carbocycles. The molecule has 6 heteroatoms. The third kappa shape index (κ3) is 3.25. The first-order valence-electron chi connectivity index (χ1n) is 5.90. The molecule has 1 rings (SSSR count). The Balaban J connectivity index is 2.91. The SMILES string of the molecule is [2H]C([2H])([2H])Sc1ccc(OP(=O)(OC)OC)cc1C. The minimum atomic E-state index is -3.60. The van der Waals surface area contributed by atoms with Crippen molar-refractivity contribution in [3.8, 4) is 5.75 Å². The Morgan fingerprint density at radius 2 is 2.06 bits per heavy atom. The zero-order valence-corrected chi connectivity index (χ0v) is 10.9. The first-order valence-corrected chi connectivity index (χ1v) is 6.67. The standard InChI is InChI=1S/C10H15O4PS/c1-8-7-9(5-6-10(8)16-4)14-15(11,12-2)13-3/h5-7H,1-4H3/i4D3. The summed E-state index contributed by atoms with van der Waals surface area (Å²) >= 11 is 0.778. The lowest BCUT2D eigenvalue weighted by atomic mass is 10.2. The molecule has 0 unspecified atom stereocenters. The molecule has 0 atom stereocenters. The van der Waals surface area contributed by atoms with E-state index in [4.69, 9.17) is 8.64 Å². The summed E-state index contributed by atoms with van der Waals surface area (Å²) in [5.41, 5.74) is 0.706. The minimum absolute atomic E-state index is 0.291. The highest BCUT2D eigenvalue weighted by Gasteiger charge is 2.24. The molecule has 0 aliphatic carbocycles. The van der Waals surface area contributed by atoms with E-state index in [0.29, 0.717) is 16.2 Å². The Morgan fingerprint density at radius 1 is 1.38 bits per heavy atom. The van der Waals surface area contributed by atoms with Crippen LogP contribution in [0.15, 0.2) is 23.1 Å². The number of hydrogen-bond donors (Lipinski definition) is 0. The first kappa shape index (κ1) is 9.54. The zero-order chi connectivity index (χ0) is 14.7. The van der Waals surface area contributed by atoms with Gasteiger partial charge < -0.3 is 4.52 Å². The van der Waals surface area contributed by atoms with Gasteiger partial charge in [0, 0.05) is 23.2 Å². The highest BCUT2D eigenvalue weighted by atomic mass is 32.2. The molecule has 0 saturated carbocycles. The molecule has 4 nitrogen and oxygen atoms in total. The van der Waals surface area contributed by atoms with Crippen LogP contribution >= 0.6 is 19.6 Å². The quantitative estimate of drug-likeness (QED) is 0.602. The molecule has 0 spiro atoms. The van der Waals surface area contributed by atoms with E-state index in [0.717, 1.165) is 11.8 Å². The van der Waals surface area contributed by atoms with Gasteiger partial charge in [-0.25, -0.2) is 4.57 Å². The van der Waals surface area contributed by atoms with Gasteiger partial charge in [-0.15, -0.1) is 11.8 Å². The molecule has 0 saturated heterocycles. The molecule has 0 aromatic heterocycles. The van der Waals surface area contributed by atoms with Crippen molar-refractivity contribution in [1.29, 1.82) is 0 Å². The van der Waals surface area contributed by atoms with Gasteiger partial charge in [0.25, 0.3) is 0 Å². The Hall–Kier alpha value is -0.480. The van der Waals surface area contributed by atoms with E-state index in [1.54, 1.807) is 19.1 Å². The fraction of sp³-hybridized carbons (Fsp3) is 0.400. The van der Waals surface area contributed by atoms with Crippen molar-refractivity contribution in [2.75, 3.05) is 20.4 Å². The second kappa shape index (κ2) is 5.73. The van der Waals surface area contributed by atoms with Crippen molar-refractivity contribution >= 4 is 19.6 Å². The minimum Gasteiger partial charge on any atom is -0.404 e. The second-order valence-corrected chi connectivity index (χ2v) is 5.38. The van der Waals surface area contributed by atoms with E-state index in [9.17, 15) is 4.57 Å². The topological polar surface area (TPSA) is 44.8 Å². The summed E-state index contributed by atoms with van der Waals surface area (Å²) in [5, 5.41) is 0. The maximum Gasteiger partial charge on any atom is 0.529 e. The van der Waals surface area contributed by atoms with Crippen LogP contribution in [0.4, 0.5) is 0 Å². The number of benzene rings is 1. The summed E-state index contributed by atoms with van der Waals surface area (Å²) in [7, 11) is -1.16. The molecule has 1 aromatic rings. The number of aryl methyl sites for hydroxylation is 1. The van der Waals surface area contributed by atoms with Crippen LogP contribution in [0.3, 0.4) is 0 Å². The van der Waals surface area contributed by atoms with Crippen molar-refractivity contribution in [3.05, 3.63) is 23.8 Å². The van der Waals surface area contributed by atoms with Crippen molar-refractivity contribution in [3.63, 3.8) is 0 Å². The normalized spacial score (nSPS) is 15.1.